The van der Waals surface area contributed by atoms with E-state index >= 15 is 0 Å². The molecule has 0 aliphatic carbocycles. The van der Waals surface area contributed by atoms with Gasteiger partial charge in [0.05, 0.1) is 5.75 Å². The topological polar surface area (TPSA) is 89.3 Å². The number of nitrogen functional groups attached to an aromatic ring is 1. The number of benzene rings is 1. The Morgan fingerprint density at radius 2 is 2.05 bits per heavy atom. The molecule has 0 spiro atoms. The number of hydrogen-bond donors (Lipinski definition) is 2. The van der Waals surface area contributed by atoms with Gasteiger partial charge in [-0.1, -0.05) is 6.42 Å². The van der Waals surface area contributed by atoms with Crippen LogP contribution in [0.3, 0.4) is 0 Å². The number of nitrogens with two attached hydrogens (primary N) is 1. The molecule has 0 saturated carbocycles. The van der Waals surface area contributed by atoms with Crippen LogP contribution in [0.2, 0.25) is 0 Å². The smallest absolute Gasteiger partial charge is 0.242 e. The molecule has 5 nitrogen and oxygen atoms in total. The Morgan fingerprint density at radius 3 is 2.68 bits per heavy atom. The molecule has 2 rings (SSSR count). The molecule has 104 valence electrons. The molecule has 1 aromatic rings. The van der Waals surface area contributed by atoms with E-state index in [0.29, 0.717) is 19.3 Å². The number of nitrogens with one attached hydrogen (secondary N) is 1. The predicted octanol–water partition coefficient (Wildman–Crippen LogP) is 1.31. The molecule has 1 unspecified atom stereocenters. The lowest BCUT2D eigenvalue weighted by Gasteiger charge is -2.21. The zero-order valence-corrected chi connectivity index (χ0v) is 11.0. The SMILES string of the molecule is Nc1cc(F)cc(NC(=O)C2CCCCS2(=O)=O)c1. The fraction of sp³-hybridized carbons (Fsp3) is 0.417. The highest BCUT2D eigenvalue weighted by atomic mass is 32.2. The maximum absolute atomic E-state index is 13.1. The molecule has 1 aromatic carbocycles. The highest BCUT2D eigenvalue weighted by molar-refractivity contribution is 7.92. The molecule has 1 saturated heterocycles. The summed E-state index contributed by atoms with van der Waals surface area (Å²) in [6, 6.07) is 3.60. The molecule has 1 heterocycles. The van der Waals surface area contributed by atoms with Gasteiger partial charge in [-0.15, -0.1) is 0 Å². The monoisotopic (exact) mass is 286 g/mol. The Bertz CT molecular complexity index is 581. The van der Waals surface area contributed by atoms with Gasteiger partial charge in [0.1, 0.15) is 11.1 Å². The Hall–Kier alpha value is -1.63. The van der Waals surface area contributed by atoms with Crippen LogP contribution in [0.1, 0.15) is 19.3 Å². The Morgan fingerprint density at radius 1 is 1.32 bits per heavy atom. The predicted molar refractivity (Wildman–Crippen MR) is 70.9 cm³/mol. The highest BCUT2D eigenvalue weighted by Gasteiger charge is 2.34. The van der Waals surface area contributed by atoms with Gasteiger partial charge in [-0.25, -0.2) is 12.8 Å². The number of carbonyl (C=O) groups is 1. The normalized spacial score (nSPS) is 21.8. The average molecular weight is 286 g/mol. The largest absolute Gasteiger partial charge is 0.399 e. The van der Waals surface area contributed by atoms with E-state index in [0.717, 1.165) is 12.1 Å². The maximum Gasteiger partial charge on any atom is 0.242 e. The van der Waals surface area contributed by atoms with Crippen molar-refractivity contribution < 1.29 is 17.6 Å². The lowest BCUT2D eigenvalue weighted by Crippen LogP contribution is -2.39. The molecule has 1 fully saturated rings. The van der Waals surface area contributed by atoms with Crippen molar-refractivity contribution in [3.05, 3.63) is 24.0 Å². The number of carbonyl (C=O) groups excluding carboxylic acids is 1. The van der Waals surface area contributed by atoms with Gasteiger partial charge in [0, 0.05) is 11.4 Å². The van der Waals surface area contributed by atoms with Crippen molar-refractivity contribution in [2.45, 2.75) is 24.5 Å². The van der Waals surface area contributed by atoms with Gasteiger partial charge < -0.3 is 11.1 Å². The molecule has 1 atom stereocenters. The van der Waals surface area contributed by atoms with E-state index in [-0.39, 0.29) is 17.1 Å². The lowest BCUT2D eigenvalue weighted by molar-refractivity contribution is -0.116. The minimum Gasteiger partial charge on any atom is -0.399 e. The van der Waals surface area contributed by atoms with Crippen molar-refractivity contribution in [1.82, 2.24) is 0 Å². The third-order valence-corrected chi connectivity index (χ3v) is 5.23. The summed E-state index contributed by atoms with van der Waals surface area (Å²) >= 11 is 0. The zero-order chi connectivity index (χ0) is 14.0. The summed E-state index contributed by atoms with van der Waals surface area (Å²) in [5.74, 6) is -1.18. The third-order valence-electron chi connectivity index (χ3n) is 3.06. The summed E-state index contributed by atoms with van der Waals surface area (Å²) in [5, 5.41) is 1.36. The minimum atomic E-state index is -3.40. The lowest BCUT2D eigenvalue weighted by atomic mass is 10.1. The van der Waals surface area contributed by atoms with E-state index in [4.69, 9.17) is 5.73 Å². The maximum atomic E-state index is 13.1. The van der Waals surface area contributed by atoms with Crippen LogP contribution in [-0.4, -0.2) is 25.3 Å². The summed E-state index contributed by atoms with van der Waals surface area (Å²) in [6.45, 7) is 0. The van der Waals surface area contributed by atoms with Crippen molar-refractivity contribution in [2.24, 2.45) is 0 Å². The van der Waals surface area contributed by atoms with Crippen LogP contribution in [0.4, 0.5) is 15.8 Å². The molecule has 19 heavy (non-hydrogen) atoms. The molecule has 0 aromatic heterocycles. The molecular formula is C12H15FN2O3S. The summed E-state index contributed by atoms with van der Waals surface area (Å²) in [4.78, 5) is 12.0. The van der Waals surface area contributed by atoms with Gasteiger partial charge in [-0.05, 0) is 31.0 Å². The molecule has 0 bridgehead atoms. The highest BCUT2D eigenvalue weighted by Crippen LogP contribution is 2.22. The van der Waals surface area contributed by atoms with E-state index in [1.807, 2.05) is 0 Å². The first-order valence-electron chi connectivity index (χ1n) is 5.97. The Kier molecular flexibility index (Phi) is 3.75. The van der Waals surface area contributed by atoms with Crippen LogP contribution in [-0.2, 0) is 14.6 Å². The van der Waals surface area contributed by atoms with Crippen LogP contribution in [0.25, 0.3) is 0 Å². The number of anilines is 2. The number of rotatable bonds is 2. The van der Waals surface area contributed by atoms with Crippen molar-refractivity contribution in [1.29, 1.82) is 0 Å². The van der Waals surface area contributed by atoms with Crippen molar-refractivity contribution in [3.8, 4) is 0 Å². The molecule has 0 radical (unpaired) electrons. The molecular weight excluding hydrogens is 271 g/mol. The van der Waals surface area contributed by atoms with Crippen molar-refractivity contribution in [2.75, 3.05) is 16.8 Å². The average Bonchev–Trinajstić information content (AvgIpc) is 2.26. The first-order chi connectivity index (χ1) is 8.88. The standard InChI is InChI=1S/C12H15FN2O3S/c13-8-5-9(14)7-10(6-8)15-12(16)11-3-1-2-4-19(11,17)18/h5-7,11H,1-4,14H2,(H,15,16). The summed E-state index contributed by atoms with van der Waals surface area (Å²) in [6.07, 6.45) is 1.58. The van der Waals surface area contributed by atoms with Crippen molar-refractivity contribution in [3.63, 3.8) is 0 Å². The summed E-state index contributed by atoms with van der Waals surface area (Å²) in [5.41, 5.74) is 5.80. The van der Waals surface area contributed by atoms with Gasteiger partial charge in [0.15, 0.2) is 9.84 Å². The van der Waals surface area contributed by atoms with Gasteiger partial charge in [0.25, 0.3) is 0 Å². The van der Waals surface area contributed by atoms with Crippen LogP contribution < -0.4 is 11.1 Å². The zero-order valence-electron chi connectivity index (χ0n) is 10.2. The Labute approximate surface area is 110 Å². The van der Waals surface area contributed by atoms with Crippen molar-refractivity contribution >= 4 is 27.1 Å². The molecule has 3 N–H and O–H groups in total. The summed E-state index contributed by atoms with van der Waals surface area (Å²) in [7, 11) is -3.40. The fourth-order valence-electron chi connectivity index (χ4n) is 2.16. The molecule has 7 heteroatoms. The Balaban J connectivity index is 2.16. The number of hydrogen-bond acceptors (Lipinski definition) is 4. The second-order valence-electron chi connectivity index (χ2n) is 4.61. The summed E-state index contributed by atoms with van der Waals surface area (Å²) < 4.78 is 36.7. The van der Waals surface area contributed by atoms with Crippen LogP contribution in [0, 0.1) is 5.82 Å². The molecule has 1 amide bonds. The fourth-order valence-corrected chi connectivity index (χ4v) is 3.96. The van der Waals surface area contributed by atoms with E-state index in [1.54, 1.807) is 0 Å². The third kappa shape index (κ3) is 3.23. The van der Waals surface area contributed by atoms with E-state index in [9.17, 15) is 17.6 Å². The first-order valence-corrected chi connectivity index (χ1v) is 7.68. The minimum absolute atomic E-state index is 0.0242. The number of halogens is 1. The van der Waals surface area contributed by atoms with Gasteiger partial charge in [-0.3, -0.25) is 4.79 Å². The van der Waals surface area contributed by atoms with Gasteiger partial charge >= 0.3 is 0 Å². The number of amides is 1. The first kappa shape index (κ1) is 13.8. The second-order valence-corrected chi connectivity index (χ2v) is 6.92. The van der Waals surface area contributed by atoms with Crippen LogP contribution in [0.5, 0.6) is 0 Å². The quantitative estimate of drug-likeness (QED) is 0.802. The second kappa shape index (κ2) is 5.16. The number of sulfone groups is 1. The van der Waals surface area contributed by atoms with Gasteiger partial charge in [0.2, 0.25) is 5.91 Å². The van der Waals surface area contributed by atoms with Crippen LogP contribution in [0.15, 0.2) is 18.2 Å². The van der Waals surface area contributed by atoms with E-state index in [2.05, 4.69) is 5.32 Å². The molecule has 1 aliphatic rings. The van der Waals surface area contributed by atoms with E-state index < -0.39 is 26.8 Å². The van der Waals surface area contributed by atoms with Crippen LogP contribution >= 0.6 is 0 Å². The van der Waals surface area contributed by atoms with Gasteiger partial charge in [-0.2, -0.15) is 0 Å². The molecule has 1 aliphatic heterocycles. The van der Waals surface area contributed by atoms with E-state index in [1.165, 1.54) is 6.07 Å².